The van der Waals surface area contributed by atoms with Crippen LogP contribution in [0.1, 0.15) is 25.6 Å². The number of hydrogen-bond donors (Lipinski definition) is 1. The van der Waals surface area contributed by atoms with Crippen molar-refractivity contribution in [2.45, 2.75) is 32.9 Å². The highest BCUT2D eigenvalue weighted by Crippen LogP contribution is 2.16. The molecule has 4 nitrogen and oxygen atoms in total. The van der Waals surface area contributed by atoms with Gasteiger partial charge in [-0.1, -0.05) is 25.5 Å². The molecule has 1 saturated heterocycles. The van der Waals surface area contributed by atoms with Crippen molar-refractivity contribution in [3.8, 4) is 0 Å². The Morgan fingerprint density at radius 3 is 2.85 bits per heavy atom. The van der Waals surface area contributed by atoms with Crippen LogP contribution in [0.5, 0.6) is 0 Å². The minimum atomic E-state index is 0.879. The van der Waals surface area contributed by atoms with E-state index < -0.39 is 0 Å². The van der Waals surface area contributed by atoms with Crippen molar-refractivity contribution >= 4 is 11.0 Å². The fourth-order valence-corrected chi connectivity index (χ4v) is 2.89. The van der Waals surface area contributed by atoms with E-state index in [1.165, 1.54) is 24.2 Å². The number of rotatable bonds is 5. The third-order valence-electron chi connectivity index (χ3n) is 4.08. The van der Waals surface area contributed by atoms with Gasteiger partial charge in [-0.2, -0.15) is 0 Å². The number of para-hydroxylation sites is 2. The second kappa shape index (κ2) is 6.37. The third kappa shape index (κ3) is 2.86. The van der Waals surface area contributed by atoms with Crippen molar-refractivity contribution in [2.75, 3.05) is 26.3 Å². The highest BCUT2D eigenvalue weighted by atomic mass is 16.5. The van der Waals surface area contributed by atoms with Crippen molar-refractivity contribution in [3.63, 3.8) is 0 Å². The predicted molar refractivity (Wildman–Crippen MR) is 79.9 cm³/mol. The Hall–Kier alpha value is -1.39. The molecule has 0 spiro atoms. The summed E-state index contributed by atoms with van der Waals surface area (Å²) in [4.78, 5) is 6.45. The summed E-state index contributed by atoms with van der Waals surface area (Å²) >= 11 is 0. The van der Waals surface area contributed by atoms with E-state index >= 15 is 0 Å². The molecule has 0 unspecified atom stereocenters. The van der Waals surface area contributed by atoms with E-state index in [0.29, 0.717) is 0 Å². The average Bonchev–Trinajstić information content (AvgIpc) is 2.83. The molecule has 4 heteroatoms. The molecular weight excluding hydrogens is 250 g/mol. The quantitative estimate of drug-likeness (QED) is 0.890. The summed E-state index contributed by atoms with van der Waals surface area (Å²) in [6, 6.07) is 8.49. The number of fused-ring (bicyclic) bond motifs is 1. The van der Waals surface area contributed by atoms with Gasteiger partial charge in [-0.3, -0.25) is 0 Å². The lowest BCUT2D eigenvalue weighted by molar-refractivity contribution is -0.922. The summed E-state index contributed by atoms with van der Waals surface area (Å²) in [6.45, 7) is 8.28. The predicted octanol–water partition coefficient (Wildman–Crippen LogP) is 1.25. The number of morpholine rings is 1. The standard InChI is InChI=1S/C16H23N3O/c1-2-3-8-19-15-7-5-4-6-14(15)17-16(19)13-18-9-11-20-12-10-18/h4-7H,2-3,8-13H2,1H3/p+1. The molecule has 1 aromatic carbocycles. The number of aryl methyl sites for hydroxylation is 1. The fourth-order valence-electron chi connectivity index (χ4n) is 2.89. The number of imidazole rings is 1. The highest BCUT2D eigenvalue weighted by molar-refractivity contribution is 5.75. The molecule has 0 atom stereocenters. The van der Waals surface area contributed by atoms with Gasteiger partial charge in [0.1, 0.15) is 19.6 Å². The largest absolute Gasteiger partial charge is 0.370 e. The Bertz CT molecular complexity index is 558. The van der Waals surface area contributed by atoms with Crippen molar-refractivity contribution < 1.29 is 9.64 Å². The first-order valence-corrected chi connectivity index (χ1v) is 7.74. The summed E-state index contributed by atoms with van der Waals surface area (Å²) in [6.07, 6.45) is 2.43. The molecule has 0 saturated carbocycles. The van der Waals surface area contributed by atoms with Crippen LogP contribution in [-0.4, -0.2) is 35.9 Å². The zero-order chi connectivity index (χ0) is 13.8. The van der Waals surface area contributed by atoms with Crippen LogP contribution in [0.4, 0.5) is 0 Å². The molecule has 0 aliphatic carbocycles. The van der Waals surface area contributed by atoms with Crippen LogP contribution in [0.2, 0.25) is 0 Å². The molecule has 20 heavy (non-hydrogen) atoms. The maximum Gasteiger partial charge on any atom is 0.165 e. The summed E-state index contributed by atoms with van der Waals surface area (Å²) in [5.41, 5.74) is 2.41. The first-order chi connectivity index (χ1) is 9.88. The fraction of sp³-hybridized carbons (Fsp3) is 0.562. The van der Waals surface area contributed by atoms with Gasteiger partial charge < -0.3 is 14.2 Å². The first-order valence-electron chi connectivity index (χ1n) is 7.74. The zero-order valence-electron chi connectivity index (χ0n) is 12.3. The van der Waals surface area contributed by atoms with E-state index in [9.17, 15) is 0 Å². The second-order valence-corrected chi connectivity index (χ2v) is 5.56. The number of benzene rings is 1. The molecule has 0 radical (unpaired) electrons. The Balaban J connectivity index is 1.87. The number of nitrogens with one attached hydrogen (secondary N) is 1. The topological polar surface area (TPSA) is 31.5 Å². The molecule has 0 bridgehead atoms. The molecule has 2 aromatic rings. The SMILES string of the molecule is CCCCn1c(C[NH+]2CCOCC2)nc2ccccc21. The van der Waals surface area contributed by atoms with Crippen LogP contribution in [0.3, 0.4) is 0 Å². The molecule has 108 valence electrons. The number of unbranched alkanes of at least 4 members (excludes halogenated alkanes) is 1. The molecule has 1 aromatic heterocycles. The highest BCUT2D eigenvalue weighted by Gasteiger charge is 2.18. The van der Waals surface area contributed by atoms with Crippen LogP contribution < -0.4 is 4.90 Å². The Morgan fingerprint density at radius 2 is 2.05 bits per heavy atom. The Labute approximate surface area is 120 Å². The van der Waals surface area contributed by atoms with Crippen molar-refractivity contribution in [3.05, 3.63) is 30.1 Å². The lowest BCUT2D eigenvalue weighted by atomic mass is 10.3. The van der Waals surface area contributed by atoms with Gasteiger partial charge in [-0.25, -0.2) is 4.98 Å². The third-order valence-corrected chi connectivity index (χ3v) is 4.08. The van der Waals surface area contributed by atoms with Gasteiger partial charge in [-0.05, 0) is 18.6 Å². The van der Waals surface area contributed by atoms with Gasteiger partial charge in [0.05, 0.1) is 24.2 Å². The van der Waals surface area contributed by atoms with E-state index in [-0.39, 0.29) is 0 Å². The van der Waals surface area contributed by atoms with Crippen molar-refractivity contribution in [1.82, 2.24) is 9.55 Å². The first kappa shape index (κ1) is 13.6. The Morgan fingerprint density at radius 1 is 1.25 bits per heavy atom. The summed E-state index contributed by atoms with van der Waals surface area (Å²) in [5.74, 6) is 1.23. The molecule has 3 rings (SSSR count). The van der Waals surface area contributed by atoms with Crippen molar-refractivity contribution in [2.24, 2.45) is 0 Å². The van der Waals surface area contributed by atoms with E-state index in [0.717, 1.165) is 44.9 Å². The Kier molecular flexibility index (Phi) is 4.33. The van der Waals surface area contributed by atoms with E-state index in [2.05, 4.69) is 35.8 Å². The van der Waals surface area contributed by atoms with Crippen molar-refractivity contribution in [1.29, 1.82) is 0 Å². The van der Waals surface area contributed by atoms with Crippen LogP contribution in [0, 0.1) is 0 Å². The van der Waals surface area contributed by atoms with E-state index in [4.69, 9.17) is 9.72 Å². The van der Waals surface area contributed by atoms with Gasteiger partial charge in [0, 0.05) is 6.54 Å². The number of ether oxygens (including phenoxy) is 1. The second-order valence-electron chi connectivity index (χ2n) is 5.56. The maximum absolute atomic E-state index is 5.44. The van der Waals surface area contributed by atoms with E-state index in [1.807, 2.05) is 0 Å². The van der Waals surface area contributed by atoms with Gasteiger partial charge in [-0.15, -0.1) is 0 Å². The number of aromatic nitrogens is 2. The maximum atomic E-state index is 5.44. The molecule has 0 amide bonds. The number of nitrogens with zero attached hydrogens (tertiary/aromatic N) is 2. The van der Waals surface area contributed by atoms with E-state index in [1.54, 1.807) is 4.90 Å². The van der Waals surface area contributed by atoms with Crippen LogP contribution >= 0.6 is 0 Å². The average molecular weight is 274 g/mol. The monoisotopic (exact) mass is 274 g/mol. The lowest BCUT2D eigenvalue weighted by Gasteiger charge is -2.23. The number of hydrogen-bond acceptors (Lipinski definition) is 2. The summed E-state index contributed by atoms with van der Waals surface area (Å²) < 4.78 is 7.86. The minimum Gasteiger partial charge on any atom is -0.370 e. The van der Waals surface area contributed by atoms with Gasteiger partial charge in [0.2, 0.25) is 0 Å². The van der Waals surface area contributed by atoms with Gasteiger partial charge in [0.15, 0.2) is 5.82 Å². The van der Waals surface area contributed by atoms with Crippen LogP contribution in [-0.2, 0) is 17.8 Å². The normalized spacial score (nSPS) is 16.9. The van der Waals surface area contributed by atoms with Crippen LogP contribution in [0.15, 0.2) is 24.3 Å². The molecular formula is C16H24N3O+. The summed E-state index contributed by atoms with van der Waals surface area (Å²) in [5, 5.41) is 0. The van der Waals surface area contributed by atoms with Crippen LogP contribution in [0.25, 0.3) is 11.0 Å². The number of quaternary nitrogens is 1. The lowest BCUT2D eigenvalue weighted by Crippen LogP contribution is -3.12. The zero-order valence-corrected chi connectivity index (χ0v) is 12.3. The summed E-state index contributed by atoms with van der Waals surface area (Å²) in [7, 11) is 0. The molecule has 1 aliphatic heterocycles. The van der Waals surface area contributed by atoms with Gasteiger partial charge in [0.25, 0.3) is 0 Å². The minimum absolute atomic E-state index is 0.879. The molecule has 1 fully saturated rings. The molecule has 2 heterocycles. The smallest absolute Gasteiger partial charge is 0.165 e. The molecule has 1 aliphatic rings. The van der Waals surface area contributed by atoms with Gasteiger partial charge >= 0.3 is 0 Å². The molecule has 1 N–H and O–H groups in total.